The number of methoxy groups -OCH3 is 1. The number of anilines is 2. The minimum Gasteiger partial charge on any atom is -0.497 e. The number of nitrogen functional groups attached to an aromatic ring is 1. The molecule has 0 aliphatic rings. The molecule has 0 saturated heterocycles. The van der Waals surface area contributed by atoms with Crippen LogP contribution >= 0.6 is 0 Å². The number of hydrogen-bond acceptors (Lipinski definition) is 11. The molecule has 0 atom stereocenters. The van der Waals surface area contributed by atoms with Gasteiger partial charge in [-0.2, -0.15) is 9.78 Å². The Morgan fingerprint density at radius 2 is 1.94 bits per heavy atom. The van der Waals surface area contributed by atoms with Crippen molar-refractivity contribution in [2.24, 2.45) is 10.8 Å². The van der Waals surface area contributed by atoms with Crippen molar-refractivity contribution in [1.29, 1.82) is 0 Å². The summed E-state index contributed by atoms with van der Waals surface area (Å²) in [5, 5.41) is 22.2. The van der Waals surface area contributed by atoms with E-state index in [2.05, 4.69) is 41.1 Å². The Labute approximate surface area is 197 Å². The zero-order valence-corrected chi connectivity index (χ0v) is 18.4. The maximum absolute atomic E-state index is 12.9. The van der Waals surface area contributed by atoms with E-state index in [1.165, 1.54) is 10.9 Å². The number of hydrazone groups is 1. The summed E-state index contributed by atoms with van der Waals surface area (Å²) in [5.41, 5.74) is 15.3. The molecule has 4 rings (SSSR count). The Morgan fingerprint density at radius 3 is 2.63 bits per heavy atom. The van der Waals surface area contributed by atoms with E-state index in [1.807, 2.05) is 0 Å². The number of nitrogens with zero attached hydrogens (tertiary/aromatic N) is 6. The molecular weight excluding hydrogens is 456 g/mol. The SMILES string of the molecule is COc1ccc(/C=N\NC(=O)c2nnn(-c3nonc3N)c2CNc2ccccc2C(N)=O)cc1. The van der Waals surface area contributed by atoms with Gasteiger partial charge >= 0.3 is 0 Å². The van der Waals surface area contributed by atoms with E-state index in [9.17, 15) is 9.59 Å². The number of primary amides is 1. The second kappa shape index (κ2) is 10.1. The molecule has 2 aromatic heterocycles. The Balaban J connectivity index is 1.58. The molecule has 0 spiro atoms. The summed E-state index contributed by atoms with van der Waals surface area (Å²) < 4.78 is 11.0. The van der Waals surface area contributed by atoms with Crippen LogP contribution < -0.4 is 26.9 Å². The summed E-state index contributed by atoms with van der Waals surface area (Å²) in [6.07, 6.45) is 1.46. The van der Waals surface area contributed by atoms with Gasteiger partial charge in [-0.3, -0.25) is 9.59 Å². The predicted octanol–water partition coefficient (Wildman–Crippen LogP) is 0.716. The molecule has 14 nitrogen and oxygen atoms in total. The van der Waals surface area contributed by atoms with E-state index in [0.717, 1.165) is 5.56 Å². The van der Waals surface area contributed by atoms with Crippen molar-refractivity contribution < 1.29 is 19.0 Å². The fraction of sp³-hybridized carbons (Fsp3) is 0.0952. The second-order valence-corrected chi connectivity index (χ2v) is 7.01. The van der Waals surface area contributed by atoms with Crippen LogP contribution in [0, 0.1) is 0 Å². The van der Waals surface area contributed by atoms with Crippen molar-refractivity contribution >= 4 is 29.5 Å². The first-order valence-corrected chi connectivity index (χ1v) is 10.1. The Kier molecular flexibility index (Phi) is 6.62. The van der Waals surface area contributed by atoms with Crippen molar-refractivity contribution in [2.45, 2.75) is 6.54 Å². The Morgan fingerprint density at radius 1 is 1.17 bits per heavy atom. The molecule has 14 heteroatoms. The summed E-state index contributed by atoms with van der Waals surface area (Å²) in [6, 6.07) is 13.7. The highest BCUT2D eigenvalue weighted by atomic mass is 16.6. The molecule has 178 valence electrons. The van der Waals surface area contributed by atoms with Crippen LogP contribution in [0.3, 0.4) is 0 Å². The van der Waals surface area contributed by atoms with E-state index >= 15 is 0 Å². The summed E-state index contributed by atoms with van der Waals surface area (Å²) in [7, 11) is 1.57. The van der Waals surface area contributed by atoms with Crippen molar-refractivity contribution in [2.75, 3.05) is 18.2 Å². The Bertz CT molecular complexity index is 1380. The van der Waals surface area contributed by atoms with Gasteiger partial charge in [0.1, 0.15) is 5.75 Å². The molecule has 0 fully saturated rings. The monoisotopic (exact) mass is 476 g/mol. The number of benzene rings is 2. The molecular formula is C21H20N10O4. The zero-order valence-electron chi connectivity index (χ0n) is 18.4. The van der Waals surface area contributed by atoms with Gasteiger partial charge < -0.3 is 21.5 Å². The summed E-state index contributed by atoms with van der Waals surface area (Å²) in [6.45, 7) is -0.00542. The van der Waals surface area contributed by atoms with Crippen molar-refractivity contribution in [3.05, 3.63) is 71.0 Å². The molecule has 0 radical (unpaired) electrons. The lowest BCUT2D eigenvalue weighted by Gasteiger charge is -2.11. The number of amides is 2. The van der Waals surface area contributed by atoms with E-state index in [-0.39, 0.29) is 35.1 Å². The summed E-state index contributed by atoms with van der Waals surface area (Å²) >= 11 is 0. The fourth-order valence-electron chi connectivity index (χ4n) is 3.08. The fourth-order valence-corrected chi connectivity index (χ4v) is 3.08. The first-order valence-electron chi connectivity index (χ1n) is 10.1. The van der Waals surface area contributed by atoms with Gasteiger partial charge in [0, 0.05) is 5.69 Å². The third kappa shape index (κ3) is 5.05. The Hall–Kier alpha value is -5.27. The maximum Gasteiger partial charge on any atom is 0.293 e. The number of nitrogens with two attached hydrogens (primary N) is 2. The highest BCUT2D eigenvalue weighted by Crippen LogP contribution is 2.20. The van der Waals surface area contributed by atoms with E-state index in [0.29, 0.717) is 11.4 Å². The van der Waals surface area contributed by atoms with E-state index in [4.69, 9.17) is 16.2 Å². The molecule has 4 aromatic rings. The molecule has 0 aliphatic heterocycles. The molecule has 0 bridgehead atoms. The van der Waals surface area contributed by atoms with Gasteiger partial charge in [-0.15, -0.1) is 5.10 Å². The van der Waals surface area contributed by atoms with Crippen molar-refractivity contribution in [3.63, 3.8) is 0 Å². The predicted molar refractivity (Wildman–Crippen MR) is 124 cm³/mol. The largest absolute Gasteiger partial charge is 0.497 e. The van der Waals surface area contributed by atoms with E-state index < -0.39 is 11.8 Å². The number of para-hydroxylation sites is 1. The van der Waals surface area contributed by atoms with Crippen LogP contribution in [0.5, 0.6) is 5.75 Å². The minimum absolute atomic E-state index is 0.00542. The van der Waals surface area contributed by atoms with Crippen LogP contribution in [0.2, 0.25) is 0 Å². The number of ether oxygens (including phenoxy) is 1. The van der Waals surface area contributed by atoms with Crippen LogP contribution in [0.25, 0.3) is 5.82 Å². The minimum atomic E-state index is -0.643. The standard InChI is InChI=1S/C21H20N10O4/c1-34-13-8-6-12(7-9-13)10-25-27-21(33)17-16(31(30-26-17)20-18(22)28-35-29-20)11-24-15-5-3-2-4-14(15)19(23)32/h2-10,24H,11H2,1H3,(H2,22,28)(H2,23,32)(H,27,33)/b25-10-. The van der Waals surface area contributed by atoms with Crippen LogP contribution in [0.15, 0.2) is 58.3 Å². The van der Waals surface area contributed by atoms with Crippen LogP contribution in [-0.2, 0) is 6.54 Å². The molecule has 2 aromatic carbocycles. The molecule has 0 aliphatic carbocycles. The van der Waals surface area contributed by atoms with Crippen molar-refractivity contribution in [1.82, 2.24) is 30.7 Å². The quantitative estimate of drug-likeness (QED) is 0.197. The molecule has 6 N–H and O–H groups in total. The lowest BCUT2D eigenvalue weighted by Crippen LogP contribution is -2.22. The van der Waals surface area contributed by atoms with Crippen LogP contribution in [-0.4, -0.2) is 50.4 Å². The number of rotatable bonds is 9. The lowest BCUT2D eigenvalue weighted by atomic mass is 10.1. The molecule has 2 heterocycles. The van der Waals surface area contributed by atoms with Gasteiger partial charge in [-0.05, 0) is 52.3 Å². The molecule has 0 saturated carbocycles. The number of carbonyl (C=O) groups is 2. The van der Waals surface area contributed by atoms with Crippen LogP contribution in [0.4, 0.5) is 11.5 Å². The lowest BCUT2D eigenvalue weighted by molar-refractivity contribution is 0.0947. The van der Waals surface area contributed by atoms with Gasteiger partial charge in [0.25, 0.3) is 11.8 Å². The third-order valence-corrected chi connectivity index (χ3v) is 4.81. The number of nitrogens with one attached hydrogen (secondary N) is 2. The van der Waals surface area contributed by atoms with E-state index in [1.54, 1.807) is 55.6 Å². The molecule has 0 unspecified atom stereocenters. The number of hydrogen-bond donors (Lipinski definition) is 4. The van der Waals surface area contributed by atoms with Gasteiger partial charge in [0.15, 0.2) is 5.69 Å². The van der Waals surface area contributed by atoms with Gasteiger partial charge in [0.05, 0.1) is 31.1 Å². The van der Waals surface area contributed by atoms with Gasteiger partial charge in [-0.25, -0.2) is 10.1 Å². The first kappa shape index (κ1) is 22.9. The third-order valence-electron chi connectivity index (χ3n) is 4.81. The highest BCUT2D eigenvalue weighted by molar-refractivity contribution is 5.98. The highest BCUT2D eigenvalue weighted by Gasteiger charge is 2.24. The molecule has 35 heavy (non-hydrogen) atoms. The smallest absolute Gasteiger partial charge is 0.293 e. The first-order chi connectivity index (χ1) is 17.0. The topological polar surface area (TPSA) is 201 Å². The van der Waals surface area contributed by atoms with Crippen molar-refractivity contribution in [3.8, 4) is 11.6 Å². The molecule has 2 amide bonds. The summed E-state index contributed by atoms with van der Waals surface area (Å²) in [5.74, 6) is -0.581. The van der Waals surface area contributed by atoms with Crippen LogP contribution in [0.1, 0.15) is 32.1 Å². The number of carbonyl (C=O) groups excluding carboxylic acids is 2. The summed E-state index contributed by atoms with van der Waals surface area (Å²) in [4.78, 5) is 24.6. The average Bonchev–Trinajstić information content (AvgIpc) is 3.48. The zero-order chi connectivity index (χ0) is 24.8. The van der Waals surface area contributed by atoms with Gasteiger partial charge in [0.2, 0.25) is 11.6 Å². The second-order valence-electron chi connectivity index (χ2n) is 7.01. The normalized spacial score (nSPS) is 10.9. The maximum atomic E-state index is 12.9. The average molecular weight is 476 g/mol. The number of aromatic nitrogens is 5. The van der Waals surface area contributed by atoms with Gasteiger partial charge in [-0.1, -0.05) is 17.3 Å².